The van der Waals surface area contributed by atoms with Crippen LogP contribution >= 0.6 is 0 Å². The second-order valence-electron chi connectivity index (χ2n) is 3.23. The van der Waals surface area contributed by atoms with Gasteiger partial charge in [0.1, 0.15) is 0 Å². The second kappa shape index (κ2) is 3.88. The van der Waals surface area contributed by atoms with Crippen molar-refractivity contribution < 1.29 is 4.74 Å². The van der Waals surface area contributed by atoms with Gasteiger partial charge in [-0.05, 0) is 6.42 Å². The maximum atomic E-state index is 5.55. The fraction of sp³-hybridized carbons (Fsp3) is 1.00. The summed E-state index contributed by atoms with van der Waals surface area (Å²) in [5, 5.41) is -1.20. The lowest BCUT2D eigenvalue weighted by atomic mass is 9.48. The largest absolute Gasteiger partial charge is 0.376 e. The van der Waals surface area contributed by atoms with Crippen molar-refractivity contribution in [1.82, 2.24) is 4.90 Å². The summed E-state index contributed by atoms with van der Waals surface area (Å²) in [4.78, 5) is 1.84. The first-order valence-corrected chi connectivity index (χ1v) is 4.27. The highest BCUT2D eigenvalue weighted by molar-refractivity contribution is 6.59. The summed E-state index contributed by atoms with van der Waals surface area (Å²) in [5.74, 6) is 0. The molecule has 12 heavy (non-hydrogen) atoms. The number of hydrogen-bond acceptors (Lipinski definition) is 2. The molecule has 0 bridgehead atoms. The fourth-order valence-electron chi connectivity index (χ4n) is 1.32. The van der Waals surface area contributed by atoms with E-state index in [0.717, 1.165) is 13.0 Å². The van der Waals surface area contributed by atoms with E-state index < -0.39 is 5.24 Å². The zero-order chi connectivity index (χ0) is 9.19. The summed E-state index contributed by atoms with van der Waals surface area (Å²) in [6.07, 6.45) is 1.18. The summed E-state index contributed by atoms with van der Waals surface area (Å²) in [7, 11) is 16.7. The van der Waals surface area contributed by atoms with E-state index in [4.69, 9.17) is 28.3 Å². The molecule has 0 aliphatic carbocycles. The van der Waals surface area contributed by atoms with Crippen molar-refractivity contribution in [3.8, 4) is 0 Å². The van der Waals surface area contributed by atoms with Crippen LogP contribution < -0.4 is 0 Å². The molecule has 1 atom stereocenters. The third-order valence-electron chi connectivity index (χ3n) is 2.14. The standard InChI is InChI=1S/C7H12B3NO/c1-2-6-5-11(3-4-12-6)7(8,9)10/h6H,2-5H2,1H3. The van der Waals surface area contributed by atoms with Gasteiger partial charge in [-0.15, -0.1) is 0 Å². The van der Waals surface area contributed by atoms with Crippen molar-refractivity contribution in [2.24, 2.45) is 0 Å². The Bertz CT molecular complexity index is 148. The van der Waals surface area contributed by atoms with Crippen molar-refractivity contribution in [2.75, 3.05) is 19.7 Å². The van der Waals surface area contributed by atoms with Gasteiger partial charge in [0.05, 0.1) is 36.2 Å². The van der Waals surface area contributed by atoms with Crippen molar-refractivity contribution >= 4 is 23.5 Å². The van der Waals surface area contributed by atoms with Crippen molar-refractivity contribution in [1.29, 1.82) is 0 Å². The maximum absolute atomic E-state index is 5.55. The average Bonchev–Trinajstić information content (AvgIpc) is 2.03. The molecule has 1 unspecified atom stereocenters. The van der Waals surface area contributed by atoms with Crippen LogP contribution in [0, 0.1) is 0 Å². The molecular formula is C7H12B3NO. The summed E-state index contributed by atoms with van der Waals surface area (Å²) >= 11 is 0. The van der Waals surface area contributed by atoms with E-state index in [1.165, 1.54) is 0 Å². The quantitative estimate of drug-likeness (QED) is 0.489. The first kappa shape index (κ1) is 10.2. The van der Waals surface area contributed by atoms with Crippen LogP contribution in [0.3, 0.4) is 0 Å². The molecule has 0 aromatic heterocycles. The third kappa shape index (κ3) is 2.56. The van der Waals surface area contributed by atoms with Crippen LogP contribution in [-0.2, 0) is 4.74 Å². The van der Waals surface area contributed by atoms with Crippen LogP contribution in [-0.4, -0.2) is 59.5 Å². The summed E-state index contributed by atoms with van der Waals surface area (Å²) in [5.41, 5.74) is 0. The molecule has 1 heterocycles. The molecular weight excluding hydrogens is 147 g/mol. The highest BCUT2D eigenvalue weighted by Gasteiger charge is 2.26. The van der Waals surface area contributed by atoms with E-state index in [2.05, 4.69) is 6.92 Å². The Hall–Kier alpha value is 0.115. The molecule has 0 spiro atoms. The normalized spacial score (nSPS) is 27.2. The predicted molar refractivity (Wildman–Crippen MR) is 51.6 cm³/mol. The monoisotopic (exact) mass is 159 g/mol. The Morgan fingerprint density at radius 3 is 2.67 bits per heavy atom. The smallest absolute Gasteiger partial charge is 0.0699 e. The predicted octanol–water partition coefficient (Wildman–Crippen LogP) is -0.786. The van der Waals surface area contributed by atoms with Gasteiger partial charge >= 0.3 is 0 Å². The minimum absolute atomic E-state index is 0.216. The van der Waals surface area contributed by atoms with Crippen molar-refractivity contribution in [3.05, 3.63) is 0 Å². The van der Waals surface area contributed by atoms with Gasteiger partial charge < -0.3 is 9.64 Å². The molecule has 1 saturated heterocycles. The second-order valence-corrected chi connectivity index (χ2v) is 3.23. The summed E-state index contributed by atoms with van der Waals surface area (Å²) in [6, 6.07) is 0. The Morgan fingerprint density at radius 1 is 1.50 bits per heavy atom. The van der Waals surface area contributed by atoms with E-state index >= 15 is 0 Å². The van der Waals surface area contributed by atoms with Crippen LogP contribution in [0.2, 0.25) is 0 Å². The van der Waals surface area contributed by atoms with Gasteiger partial charge in [-0.1, -0.05) is 12.2 Å². The molecule has 0 aromatic rings. The Balaban J connectivity index is 2.46. The zero-order valence-corrected chi connectivity index (χ0v) is 7.49. The molecule has 1 aliphatic rings. The number of rotatable bonds is 2. The van der Waals surface area contributed by atoms with E-state index in [1.807, 2.05) is 4.90 Å². The molecule has 5 heteroatoms. The number of hydrogen-bond donors (Lipinski definition) is 0. The maximum Gasteiger partial charge on any atom is 0.0699 e. The Labute approximate surface area is 78.3 Å². The lowest BCUT2D eigenvalue weighted by Crippen LogP contribution is -2.57. The van der Waals surface area contributed by atoms with Crippen LogP contribution in [0.15, 0.2) is 0 Å². The van der Waals surface area contributed by atoms with Gasteiger partial charge in [-0.3, -0.25) is 0 Å². The third-order valence-corrected chi connectivity index (χ3v) is 2.14. The molecule has 1 fully saturated rings. The average molecular weight is 159 g/mol. The van der Waals surface area contributed by atoms with E-state index in [1.54, 1.807) is 0 Å². The molecule has 60 valence electrons. The van der Waals surface area contributed by atoms with Gasteiger partial charge in [0, 0.05) is 13.1 Å². The lowest BCUT2D eigenvalue weighted by Gasteiger charge is -2.42. The van der Waals surface area contributed by atoms with E-state index in [0.29, 0.717) is 13.2 Å². The molecule has 0 saturated carbocycles. The van der Waals surface area contributed by atoms with Crippen LogP contribution in [0.5, 0.6) is 0 Å². The van der Waals surface area contributed by atoms with Crippen molar-refractivity contribution in [2.45, 2.75) is 24.7 Å². The van der Waals surface area contributed by atoms with Crippen LogP contribution in [0.25, 0.3) is 0 Å². The fourth-order valence-corrected chi connectivity index (χ4v) is 1.32. The van der Waals surface area contributed by atoms with Gasteiger partial charge in [-0.2, -0.15) is 0 Å². The Kier molecular flexibility index (Phi) is 3.30. The minimum atomic E-state index is -1.20. The van der Waals surface area contributed by atoms with E-state index in [-0.39, 0.29) is 6.10 Å². The minimum Gasteiger partial charge on any atom is -0.376 e. The molecule has 0 N–H and O–H groups in total. The van der Waals surface area contributed by atoms with Crippen molar-refractivity contribution in [3.63, 3.8) is 0 Å². The van der Waals surface area contributed by atoms with Gasteiger partial charge in [0.25, 0.3) is 0 Å². The first-order valence-electron chi connectivity index (χ1n) is 4.27. The number of nitrogens with zero attached hydrogens (tertiary/aromatic N) is 1. The molecule has 0 amide bonds. The van der Waals surface area contributed by atoms with Crippen LogP contribution in [0.1, 0.15) is 13.3 Å². The Morgan fingerprint density at radius 2 is 2.17 bits per heavy atom. The molecule has 2 nitrogen and oxygen atoms in total. The van der Waals surface area contributed by atoms with Crippen LogP contribution in [0.4, 0.5) is 0 Å². The molecule has 1 rings (SSSR count). The topological polar surface area (TPSA) is 12.5 Å². The van der Waals surface area contributed by atoms with Gasteiger partial charge in [-0.25, -0.2) is 0 Å². The van der Waals surface area contributed by atoms with Gasteiger partial charge in [0.15, 0.2) is 0 Å². The van der Waals surface area contributed by atoms with Gasteiger partial charge in [0.2, 0.25) is 0 Å². The lowest BCUT2D eigenvalue weighted by molar-refractivity contribution is -0.0312. The first-order chi connectivity index (χ1) is 5.54. The molecule has 1 aliphatic heterocycles. The van der Waals surface area contributed by atoms with E-state index in [9.17, 15) is 0 Å². The number of ether oxygens (including phenoxy) is 1. The molecule has 6 radical (unpaired) electrons. The highest BCUT2D eigenvalue weighted by Crippen LogP contribution is 2.12. The zero-order valence-electron chi connectivity index (χ0n) is 7.49. The highest BCUT2D eigenvalue weighted by atomic mass is 16.5. The summed E-state index contributed by atoms with van der Waals surface area (Å²) < 4.78 is 5.44. The summed E-state index contributed by atoms with van der Waals surface area (Å²) in [6.45, 7) is 4.16. The molecule has 0 aromatic carbocycles. The SMILES string of the molecule is [B]C([B])([B])N1CCOC(CC)C1. The number of morpholine rings is 1.